The maximum atomic E-state index is 13.7. The van der Waals surface area contributed by atoms with Gasteiger partial charge in [0.25, 0.3) is 0 Å². The van der Waals surface area contributed by atoms with E-state index in [1.54, 1.807) is 0 Å². The van der Waals surface area contributed by atoms with Crippen LogP contribution in [0.4, 0.5) is 16.4 Å². The van der Waals surface area contributed by atoms with Crippen LogP contribution in [0.5, 0.6) is 0 Å². The number of rotatable bonds is 5. The third-order valence-electron chi connectivity index (χ3n) is 3.43. The topological polar surface area (TPSA) is 0 Å². The Morgan fingerprint density at radius 2 is 0.833 bits per heavy atom. The van der Waals surface area contributed by atoms with E-state index in [4.69, 9.17) is 0 Å². The minimum atomic E-state index is -4.28. The van der Waals surface area contributed by atoms with E-state index in [1.807, 2.05) is 0 Å². The van der Waals surface area contributed by atoms with Crippen LogP contribution in [0.15, 0.2) is 0 Å². The smallest absolute Gasteiger partial charge is 0.270 e. The van der Waals surface area contributed by atoms with Gasteiger partial charge in [0.1, 0.15) is 0 Å². The molecule has 0 rings (SSSR count). The summed E-state index contributed by atoms with van der Waals surface area (Å²) < 4.78 is 55.0. The van der Waals surface area contributed by atoms with E-state index in [-0.39, 0.29) is 24.9 Å². The van der Waals surface area contributed by atoms with Gasteiger partial charge in [-0.05, 0) is 12.1 Å². The van der Waals surface area contributed by atoms with Gasteiger partial charge in [-0.1, -0.05) is 54.4 Å². The standard InChI is InChI=1S/C12H26F4Si2/c1-11(2,3)17(13,14)9-7-8-10-18(15,16)12(4,5)6/h7-10H2,1-6H3. The zero-order valence-electron chi connectivity index (χ0n) is 12.3. The van der Waals surface area contributed by atoms with Crippen LogP contribution in [-0.2, 0) is 0 Å². The van der Waals surface area contributed by atoms with E-state index in [9.17, 15) is 16.4 Å². The molecule has 110 valence electrons. The van der Waals surface area contributed by atoms with Crippen LogP contribution in [0.1, 0.15) is 54.4 Å². The van der Waals surface area contributed by atoms with Crippen LogP contribution >= 0.6 is 0 Å². The molecule has 0 aliphatic rings. The maximum absolute atomic E-state index is 13.7. The number of halogens is 4. The molecule has 0 bridgehead atoms. The van der Waals surface area contributed by atoms with Crippen LogP contribution < -0.4 is 0 Å². The van der Waals surface area contributed by atoms with Gasteiger partial charge >= 0.3 is 17.5 Å². The summed E-state index contributed by atoms with van der Waals surface area (Å²) in [4.78, 5) is 0. The van der Waals surface area contributed by atoms with Crippen LogP contribution in [-0.4, -0.2) is 17.5 Å². The Labute approximate surface area is 111 Å². The lowest BCUT2D eigenvalue weighted by Gasteiger charge is -2.29. The quantitative estimate of drug-likeness (QED) is 0.248. The first-order valence-corrected chi connectivity index (χ1v) is 10.4. The average Bonchev–Trinajstić information content (AvgIpc) is 2.08. The molecule has 0 aliphatic heterocycles. The van der Waals surface area contributed by atoms with Crippen molar-refractivity contribution in [3.63, 3.8) is 0 Å². The van der Waals surface area contributed by atoms with Crippen molar-refractivity contribution in [2.24, 2.45) is 0 Å². The normalized spacial score (nSPS) is 15.0. The Morgan fingerprint density at radius 1 is 0.611 bits per heavy atom. The third kappa shape index (κ3) is 5.03. The van der Waals surface area contributed by atoms with Gasteiger partial charge in [-0.2, -0.15) is 0 Å². The first-order valence-electron chi connectivity index (χ1n) is 6.46. The second-order valence-electron chi connectivity index (χ2n) is 7.12. The fraction of sp³-hybridized carbons (Fsp3) is 1.00. The van der Waals surface area contributed by atoms with Crippen molar-refractivity contribution in [2.75, 3.05) is 0 Å². The molecule has 0 amide bonds. The van der Waals surface area contributed by atoms with Gasteiger partial charge < -0.3 is 0 Å². The first-order chi connectivity index (χ1) is 7.71. The summed E-state index contributed by atoms with van der Waals surface area (Å²) in [5.41, 5.74) is 0. The molecule has 0 fully saturated rings. The van der Waals surface area contributed by atoms with Gasteiger partial charge in [0.15, 0.2) is 0 Å². The fourth-order valence-corrected chi connectivity index (χ4v) is 4.33. The van der Waals surface area contributed by atoms with Gasteiger partial charge in [0.2, 0.25) is 0 Å². The molecular weight excluding hydrogens is 276 g/mol. The average molecular weight is 303 g/mol. The predicted octanol–water partition coefficient (Wildman–Crippen LogP) is 6.13. The van der Waals surface area contributed by atoms with E-state index in [0.29, 0.717) is 0 Å². The summed E-state index contributed by atoms with van der Waals surface area (Å²) in [6.45, 7) is 9.24. The van der Waals surface area contributed by atoms with Crippen LogP contribution in [0.25, 0.3) is 0 Å². The number of unbranched alkanes of at least 4 members (excludes halogenated alkanes) is 1. The molecule has 0 saturated heterocycles. The largest absolute Gasteiger partial charge is 0.430 e. The van der Waals surface area contributed by atoms with E-state index < -0.39 is 27.6 Å². The second-order valence-corrected chi connectivity index (χ2v) is 13.9. The van der Waals surface area contributed by atoms with Gasteiger partial charge in [-0.3, -0.25) is 16.4 Å². The molecule has 0 saturated carbocycles. The summed E-state index contributed by atoms with van der Waals surface area (Å²) in [7, 11) is -8.55. The maximum Gasteiger partial charge on any atom is 0.430 e. The minimum absolute atomic E-state index is 0.162. The Hall–Kier alpha value is 0.154. The van der Waals surface area contributed by atoms with E-state index >= 15 is 0 Å². The van der Waals surface area contributed by atoms with Crippen molar-refractivity contribution < 1.29 is 16.4 Å². The third-order valence-corrected chi connectivity index (χ3v) is 9.78. The first kappa shape index (κ1) is 18.2. The highest BCUT2D eigenvalue weighted by atomic mass is 28.4. The lowest BCUT2D eigenvalue weighted by molar-refractivity contribution is 0.472. The molecular formula is C12H26F4Si2. The van der Waals surface area contributed by atoms with Crippen molar-refractivity contribution >= 4 is 17.5 Å². The van der Waals surface area contributed by atoms with Crippen molar-refractivity contribution in [1.29, 1.82) is 0 Å². The van der Waals surface area contributed by atoms with Crippen molar-refractivity contribution in [3.05, 3.63) is 0 Å². The van der Waals surface area contributed by atoms with E-state index in [1.165, 1.54) is 41.5 Å². The van der Waals surface area contributed by atoms with Crippen LogP contribution in [0.2, 0.25) is 22.2 Å². The van der Waals surface area contributed by atoms with Gasteiger partial charge in [-0.25, -0.2) is 0 Å². The number of hydrogen-bond donors (Lipinski definition) is 0. The molecule has 0 aromatic rings. The zero-order chi connectivity index (χ0) is 14.8. The molecule has 18 heavy (non-hydrogen) atoms. The van der Waals surface area contributed by atoms with Gasteiger partial charge in [0.05, 0.1) is 0 Å². The van der Waals surface area contributed by atoms with E-state index in [2.05, 4.69) is 0 Å². The lowest BCUT2D eigenvalue weighted by Crippen LogP contribution is -2.35. The highest BCUT2D eigenvalue weighted by molar-refractivity contribution is 6.69. The minimum Gasteiger partial charge on any atom is -0.270 e. The Kier molecular flexibility index (Phi) is 5.70. The highest BCUT2D eigenvalue weighted by Crippen LogP contribution is 2.44. The highest BCUT2D eigenvalue weighted by Gasteiger charge is 2.49. The summed E-state index contributed by atoms with van der Waals surface area (Å²) >= 11 is 0. The fourth-order valence-electron chi connectivity index (χ4n) is 1.44. The summed E-state index contributed by atoms with van der Waals surface area (Å²) in [6, 6.07) is -0.323. The molecule has 0 atom stereocenters. The van der Waals surface area contributed by atoms with Crippen molar-refractivity contribution in [2.45, 2.75) is 76.5 Å². The molecule has 0 unspecified atom stereocenters. The van der Waals surface area contributed by atoms with Crippen molar-refractivity contribution in [1.82, 2.24) is 0 Å². The Morgan fingerprint density at radius 3 is 1.00 bits per heavy atom. The lowest BCUT2D eigenvalue weighted by atomic mass is 10.2. The Balaban J connectivity index is 4.17. The summed E-state index contributed by atoms with van der Waals surface area (Å²) in [6.07, 6.45) is 0.463. The molecule has 0 heterocycles. The molecule has 0 nitrogen and oxygen atoms in total. The SMILES string of the molecule is CC(C)(C)[Si](F)(F)CCCC[Si](F)(F)C(C)(C)C. The molecule has 0 spiro atoms. The second kappa shape index (κ2) is 5.65. The van der Waals surface area contributed by atoms with Crippen LogP contribution in [0.3, 0.4) is 0 Å². The van der Waals surface area contributed by atoms with Crippen LogP contribution in [0, 0.1) is 0 Å². The van der Waals surface area contributed by atoms with Crippen molar-refractivity contribution in [3.8, 4) is 0 Å². The van der Waals surface area contributed by atoms with Gasteiger partial charge in [0, 0.05) is 10.1 Å². The van der Waals surface area contributed by atoms with Gasteiger partial charge in [-0.15, -0.1) is 0 Å². The zero-order valence-corrected chi connectivity index (χ0v) is 14.3. The number of hydrogen-bond acceptors (Lipinski definition) is 0. The molecule has 0 radical (unpaired) electrons. The summed E-state index contributed by atoms with van der Waals surface area (Å²) in [5.74, 6) is 0. The predicted molar refractivity (Wildman–Crippen MR) is 74.2 cm³/mol. The molecule has 0 aromatic carbocycles. The molecule has 0 aromatic heterocycles. The Bertz CT molecular complexity index is 236. The van der Waals surface area contributed by atoms with E-state index in [0.717, 1.165) is 0 Å². The molecule has 6 heteroatoms. The summed E-state index contributed by atoms with van der Waals surface area (Å²) in [5, 5.41) is -1.92. The monoisotopic (exact) mass is 302 g/mol. The molecule has 0 aliphatic carbocycles. The molecule has 0 N–H and O–H groups in total.